The Morgan fingerprint density at radius 2 is 1.95 bits per heavy atom. The Kier molecular flexibility index (Phi) is 3.41. The Balaban J connectivity index is 1.73. The van der Waals surface area contributed by atoms with Gasteiger partial charge in [-0.15, -0.1) is 0 Å². The number of hydrogen-bond acceptors (Lipinski definition) is 3. The van der Waals surface area contributed by atoms with Gasteiger partial charge in [-0.05, 0) is 30.5 Å². The third kappa shape index (κ3) is 2.51. The molecule has 0 bridgehead atoms. The van der Waals surface area contributed by atoms with Crippen molar-refractivity contribution in [3.8, 4) is 0 Å². The average Bonchev–Trinajstić information content (AvgIpc) is 3.29. The van der Waals surface area contributed by atoms with Crippen LogP contribution < -0.4 is 5.73 Å². The van der Waals surface area contributed by atoms with Gasteiger partial charge >= 0.3 is 0 Å². The van der Waals surface area contributed by atoms with Gasteiger partial charge in [-0.2, -0.15) is 0 Å². The van der Waals surface area contributed by atoms with Gasteiger partial charge in [-0.3, -0.25) is 9.59 Å². The molecule has 3 rings (SSSR count). The van der Waals surface area contributed by atoms with E-state index in [2.05, 4.69) is 0 Å². The quantitative estimate of drug-likeness (QED) is 0.844. The average molecular weight is 292 g/mol. The van der Waals surface area contributed by atoms with E-state index in [1.807, 2.05) is 0 Å². The van der Waals surface area contributed by atoms with Crippen LogP contribution in [-0.2, 0) is 14.3 Å². The number of primary amides is 1. The van der Waals surface area contributed by atoms with Gasteiger partial charge in [-0.1, -0.05) is 12.1 Å². The number of nitrogens with two attached hydrogens (primary N) is 1. The molecule has 1 saturated carbocycles. The van der Waals surface area contributed by atoms with Crippen molar-refractivity contribution >= 4 is 11.8 Å². The molecular weight excluding hydrogens is 275 g/mol. The highest BCUT2D eigenvalue weighted by Gasteiger charge is 2.57. The molecule has 0 radical (unpaired) electrons. The molecule has 1 aliphatic heterocycles. The molecule has 0 aromatic heterocycles. The Morgan fingerprint density at radius 1 is 1.29 bits per heavy atom. The topological polar surface area (TPSA) is 72.6 Å². The van der Waals surface area contributed by atoms with Crippen LogP contribution in [0.2, 0.25) is 0 Å². The maximum atomic E-state index is 13.0. The zero-order valence-electron chi connectivity index (χ0n) is 11.5. The second-order valence-corrected chi connectivity index (χ2v) is 5.61. The second kappa shape index (κ2) is 5.11. The summed E-state index contributed by atoms with van der Waals surface area (Å²) >= 11 is 0. The zero-order chi connectivity index (χ0) is 15.0. The number of carbonyl (C=O) groups excluding carboxylic acids is 2. The van der Waals surface area contributed by atoms with Crippen LogP contribution in [0.4, 0.5) is 4.39 Å². The normalized spacial score (nSPS) is 23.7. The fourth-order valence-electron chi connectivity index (χ4n) is 2.71. The molecule has 1 heterocycles. The van der Waals surface area contributed by atoms with E-state index in [9.17, 15) is 14.0 Å². The molecule has 2 amide bonds. The van der Waals surface area contributed by atoms with Gasteiger partial charge in [0.1, 0.15) is 17.3 Å². The molecule has 6 heteroatoms. The lowest BCUT2D eigenvalue weighted by molar-refractivity contribution is -0.149. The SMILES string of the molecule is NC(=O)C1(C(=O)N2CCOC(c3ccc(F)cc3)C2)CC1. The largest absolute Gasteiger partial charge is 0.370 e. The highest BCUT2D eigenvalue weighted by Crippen LogP contribution is 2.47. The highest BCUT2D eigenvalue weighted by molar-refractivity contribution is 6.07. The number of amides is 2. The van der Waals surface area contributed by atoms with Gasteiger partial charge in [0.15, 0.2) is 0 Å². The Labute approximate surface area is 121 Å². The number of rotatable bonds is 3. The standard InChI is InChI=1S/C15H17FN2O3/c16-11-3-1-10(2-4-11)12-9-18(7-8-21-12)14(20)15(5-6-15)13(17)19/h1-4,12H,5-9H2,(H2,17,19). The van der Waals surface area contributed by atoms with Crippen LogP contribution in [0.3, 0.4) is 0 Å². The summed E-state index contributed by atoms with van der Waals surface area (Å²) in [5.74, 6) is -1.06. The maximum absolute atomic E-state index is 13.0. The molecule has 112 valence electrons. The Bertz CT molecular complexity index is 569. The zero-order valence-corrected chi connectivity index (χ0v) is 11.5. The van der Waals surface area contributed by atoms with Crippen LogP contribution >= 0.6 is 0 Å². The number of morpholine rings is 1. The summed E-state index contributed by atoms with van der Waals surface area (Å²) < 4.78 is 18.6. The maximum Gasteiger partial charge on any atom is 0.238 e. The summed E-state index contributed by atoms with van der Waals surface area (Å²) in [5, 5.41) is 0. The first-order chi connectivity index (χ1) is 10.0. The monoisotopic (exact) mass is 292 g/mol. The summed E-state index contributed by atoms with van der Waals surface area (Å²) in [7, 11) is 0. The molecule has 2 aliphatic rings. The van der Waals surface area contributed by atoms with E-state index in [0.717, 1.165) is 5.56 Å². The highest BCUT2D eigenvalue weighted by atomic mass is 19.1. The van der Waals surface area contributed by atoms with E-state index in [1.165, 1.54) is 12.1 Å². The van der Waals surface area contributed by atoms with E-state index in [-0.39, 0.29) is 17.8 Å². The van der Waals surface area contributed by atoms with Crippen molar-refractivity contribution in [2.45, 2.75) is 18.9 Å². The van der Waals surface area contributed by atoms with Crippen molar-refractivity contribution in [1.29, 1.82) is 0 Å². The van der Waals surface area contributed by atoms with Crippen molar-refractivity contribution in [3.05, 3.63) is 35.6 Å². The molecule has 2 fully saturated rings. The predicted molar refractivity (Wildman–Crippen MR) is 72.5 cm³/mol. The molecule has 21 heavy (non-hydrogen) atoms. The van der Waals surface area contributed by atoms with Crippen molar-refractivity contribution < 1.29 is 18.7 Å². The number of ether oxygens (including phenoxy) is 1. The first-order valence-corrected chi connectivity index (χ1v) is 6.99. The molecule has 0 spiro atoms. The molecule has 5 nitrogen and oxygen atoms in total. The fourth-order valence-corrected chi connectivity index (χ4v) is 2.71. The summed E-state index contributed by atoms with van der Waals surface area (Å²) in [4.78, 5) is 25.6. The van der Waals surface area contributed by atoms with Gasteiger partial charge in [0.25, 0.3) is 0 Å². The Hall–Kier alpha value is -1.95. The molecule has 1 aromatic rings. The van der Waals surface area contributed by atoms with Gasteiger partial charge in [0, 0.05) is 6.54 Å². The molecule has 1 unspecified atom stereocenters. The van der Waals surface area contributed by atoms with E-state index in [0.29, 0.717) is 32.5 Å². The number of hydrogen-bond donors (Lipinski definition) is 1. The minimum Gasteiger partial charge on any atom is -0.370 e. The van der Waals surface area contributed by atoms with Crippen molar-refractivity contribution in [3.63, 3.8) is 0 Å². The number of halogens is 1. The van der Waals surface area contributed by atoms with Crippen molar-refractivity contribution in [2.24, 2.45) is 11.1 Å². The van der Waals surface area contributed by atoms with Crippen LogP contribution in [0, 0.1) is 11.2 Å². The van der Waals surface area contributed by atoms with Crippen molar-refractivity contribution in [1.82, 2.24) is 4.90 Å². The molecule has 1 saturated heterocycles. The summed E-state index contributed by atoms with van der Waals surface area (Å²) in [6.45, 7) is 1.20. The van der Waals surface area contributed by atoms with E-state index in [1.54, 1.807) is 17.0 Å². The van der Waals surface area contributed by atoms with Crippen LogP contribution in [-0.4, -0.2) is 36.4 Å². The molecule has 1 aliphatic carbocycles. The van der Waals surface area contributed by atoms with Gasteiger partial charge in [-0.25, -0.2) is 4.39 Å². The van der Waals surface area contributed by atoms with Crippen LogP contribution in [0.25, 0.3) is 0 Å². The molecule has 1 atom stereocenters. The summed E-state index contributed by atoms with van der Waals surface area (Å²) in [6.07, 6.45) is 0.756. The van der Waals surface area contributed by atoms with Crippen LogP contribution in [0.1, 0.15) is 24.5 Å². The fraction of sp³-hybridized carbons (Fsp3) is 0.467. The molecular formula is C15H17FN2O3. The predicted octanol–water partition coefficient (Wildman–Crippen LogP) is 0.991. The first-order valence-electron chi connectivity index (χ1n) is 6.99. The van der Waals surface area contributed by atoms with E-state index >= 15 is 0 Å². The third-order valence-electron chi connectivity index (χ3n) is 4.23. The van der Waals surface area contributed by atoms with E-state index < -0.39 is 11.3 Å². The summed E-state index contributed by atoms with van der Waals surface area (Å²) in [6, 6.07) is 6.03. The summed E-state index contributed by atoms with van der Waals surface area (Å²) in [5.41, 5.74) is 5.17. The first kappa shape index (κ1) is 14.0. The number of carbonyl (C=O) groups is 2. The lowest BCUT2D eigenvalue weighted by atomic mass is 10.0. The van der Waals surface area contributed by atoms with Gasteiger partial charge < -0.3 is 15.4 Å². The second-order valence-electron chi connectivity index (χ2n) is 5.61. The number of benzene rings is 1. The lowest BCUT2D eigenvalue weighted by Gasteiger charge is -2.34. The van der Waals surface area contributed by atoms with Gasteiger partial charge in [0.05, 0.1) is 13.2 Å². The van der Waals surface area contributed by atoms with Crippen LogP contribution in [0.5, 0.6) is 0 Å². The molecule has 2 N–H and O–H groups in total. The minimum absolute atomic E-state index is 0.203. The minimum atomic E-state index is -0.995. The van der Waals surface area contributed by atoms with Gasteiger partial charge in [0.2, 0.25) is 11.8 Å². The third-order valence-corrected chi connectivity index (χ3v) is 4.23. The number of nitrogens with zero attached hydrogens (tertiary/aromatic N) is 1. The lowest BCUT2D eigenvalue weighted by Crippen LogP contribution is -2.48. The smallest absolute Gasteiger partial charge is 0.238 e. The molecule has 1 aromatic carbocycles. The van der Waals surface area contributed by atoms with Crippen LogP contribution in [0.15, 0.2) is 24.3 Å². The Morgan fingerprint density at radius 3 is 2.52 bits per heavy atom. The van der Waals surface area contributed by atoms with E-state index in [4.69, 9.17) is 10.5 Å². The van der Waals surface area contributed by atoms with Crippen molar-refractivity contribution in [2.75, 3.05) is 19.7 Å².